The minimum Gasteiger partial charge on any atom is -0.493 e. The summed E-state index contributed by atoms with van der Waals surface area (Å²) in [4.78, 5) is 11.1. The lowest BCUT2D eigenvalue weighted by molar-refractivity contribution is -0.141. The van der Waals surface area contributed by atoms with E-state index in [-0.39, 0.29) is 24.8 Å². The van der Waals surface area contributed by atoms with Gasteiger partial charge in [-0.3, -0.25) is 4.79 Å². The van der Waals surface area contributed by atoms with Crippen LogP contribution in [0.2, 0.25) is 0 Å². The van der Waals surface area contributed by atoms with Gasteiger partial charge in [0.25, 0.3) is 0 Å². The number of halogens is 1. The monoisotopic (exact) mass is 275 g/mol. The first kappa shape index (κ1) is 16.5. The second-order valence-electron chi connectivity index (χ2n) is 3.50. The van der Waals surface area contributed by atoms with E-state index in [1.54, 1.807) is 32.4 Å². The number of methoxy groups -OCH3 is 3. The van der Waals surface area contributed by atoms with E-state index in [9.17, 15) is 4.79 Å². The van der Waals surface area contributed by atoms with Crippen molar-refractivity contribution in [3.8, 4) is 11.5 Å². The van der Waals surface area contributed by atoms with Gasteiger partial charge >= 0.3 is 5.97 Å². The van der Waals surface area contributed by atoms with Gasteiger partial charge in [0.2, 0.25) is 0 Å². The van der Waals surface area contributed by atoms with Gasteiger partial charge in [-0.15, -0.1) is 12.4 Å². The second kappa shape index (κ2) is 7.79. The second-order valence-corrected chi connectivity index (χ2v) is 3.50. The molecule has 0 heterocycles. The van der Waals surface area contributed by atoms with Gasteiger partial charge in [-0.25, -0.2) is 0 Å². The van der Waals surface area contributed by atoms with Gasteiger partial charge in [-0.1, -0.05) is 6.07 Å². The number of carbonyl (C=O) groups is 1. The van der Waals surface area contributed by atoms with Gasteiger partial charge in [0.15, 0.2) is 11.5 Å². The third-order valence-electron chi connectivity index (χ3n) is 2.45. The van der Waals surface area contributed by atoms with Crippen molar-refractivity contribution in [1.29, 1.82) is 0 Å². The first-order valence-electron chi connectivity index (χ1n) is 5.16. The molecule has 1 unspecified atom stereocenters. The Morgan fingerprint density at radius 1 is 1.22 bits per heavy atom. The molecule has 1 rings (SSSR count). The van der Waals surface area contributed by atoms with Crippen LogP contribution in [0.3, 0.4) is 0 Å². The average molecular weight is 276 g/mol. The molecule has 2 N–H and O–H groups in total. The maximum Gasteiger partial charge on any atom is 0.307 e. The summed E-state index contributed by atoms with van der Waals surface area (Å²) in [5.74, 6) is 0.874. The van der Waals surface area contributed by atoms with E-state index < -0.39 is 6.04 Å². The zero-order chi connectivity index (χ0) is 12.8. The smallest absolute Gasteiger partial charge is 0.307 e. The molecule has 0 saturated heterocycles. The lowest BCUT2D eigenvalue weighted by atomic mass is 10.0. The highest BCUT2D eigenvalue weighted by Crippen LogP contribution is 2.30. The van der Waals surface area contributed by atoms with E-state index in [4.69, 9.17) is 15.2 Å². The number of esters is 1. The molecule has 0 aromatic heterocycles. The van der Waals surface area contributed by atoms with Crippen molar-refractivity contribution in [3.05, 3.63) is 23.8 Å². The molecule has 0 aliphatic heterocycles. The Labute approximate surface area is 113 Å². The number of carbonyl (C=O) groups excluding carboxylic acids is 1. The zero-order valence-corrected chi connectivity index (χ0v) is 11.5. The van der Waals surface area contributed by atoms with Crippen LogP contribution >= 0.6 is 12.4 Å². The van der Waals surface area contributed by atoms with E-state index >= 15 is 0 Å². The highest BCUT2D eigenvalue weighted by Gasteiger charge is 2.14. The molecule has 0 spiro atoms. The van der Waals surface area contributed by atoms with Crippen molar-refractivity contribution in [2.24, 2.45) is 5.73 Å². The molecule has 102 valence electrons. The Morgan fingerprint density at radius 2 is 1.83 bits per heavy atom. The van der Waals surface area contributed by atoms with Crippen LogP contribution in [-0.2, 0) is 9.53 Å². The quantitative estimate of drug-likeness (QED) is 0.828. The molecule has 1 atom stereocenters. The lowest BCUT2D eigenvalue weighted by Crippen LogP contribution is -2.16. The lowest BCUT2D eigenvalue weighted by Gasteiger charge is -2.13. The van der Waals surface area contributed by atoms with Crippen LogP contribution in [0.1, 0.15) is 18.0 Å². The molecule has 1 aromatic rings. The number of rotatable bonds is 5. The van der Waals surface area contributed by atoms with Gasteiger partial charge in [-0.2, -0.15) is 0 Å². The zero-order valence-electron chi connectivity index (χ0n) is 10.6. The van der Waals surface area contributed by atoms with Gasteiger partial charge in [0.05, 0.1) is 27.8 Å². The van der Waals surface area contributed by atoms with Crippen molar-refractivity contribution in [1.82, 2.24) is 0 Å². The molecule has 0 aliphatic rings. The first-order chi connectivity index (χ1) is 8.12. The van der Waals surface area contributed by atoms with E-state index in [2.05, 4.69) is 4.74 Å². The number of hydrogen-bond donors (Lipinski definition) is 1. The average Bonchev–Trinajstić information content (AvgIpc) is 2.37. The molecule has 6 heteroatoms. The Hall–Kier alpha value is -1.46. The normalized spacial score (nSPS) is 11.1. The topological polar surface area (TPSA) is 70.8 Å². The van der Waals surface area contributed by atoms with Crippen molar-refractivity contribution in [2.45, 2.75) is 12.5 Å². The maximum atomic E-state index is 11.1. The van der Waals surface area contributed by atoms with E-state index in [0.717, 1.165) is 5.56 Å². The van der Waals surface area contributed by atoms with Gasteiger partial charge in [0.1, 0.15) is 0 Å². The highest BCUT2D eigenvalue weighted by atomic mass is 35.5. The van der Waals surface area contributed by atoms with Gasteiger partial charge in [0, 0.05) is 6.04 Å². The Kier molecular flexibility index (Phi) is 7.16. The van der Waals surface area contributed by atoms with Crippen LogP contribution in [0.25, 0.3) is 0 Å². The van der Waals surface area contributed by atoms with Crippen LogP contribution in [0.15, 0.2) is 18.2 Å². The molecule has 0 fully saturated rings. The summed E-state index contributed by atoms with van der Waals surface area (Å²) in [6.45, 7) is 0. The summed E-state index contributed by atoms with van der Waals surface area (Å²) in [5.41, 5.74) is 6.69. The summed E-state index contributed by atoms with van der Waals surface area (Å²) in [6, 6.07) is 4.90. The summed E-state index contributed by atoms with van der Waals surface area (Å²) >= 11 is 0. The van der Waals surface area contributed by atoms with E-state index in [1.807, 2.05) is 0 Å². The van der Waals surface area contributed by atoms with Gasteiger partial charge in [-0.05, 0) is 17.7 Å². The predicted octanol–water partition coefficient (Wildman–Crippen LogP) is 1.69. The number of hydrogen-bond acceptors (Lipinski definition) is 5. The molecule has 0 radical (unpaired) electrons. The molecule has 0 bridgehead atoms. The van der Waals surface area contributed by atoms with Crippen molar-refractivity contribution in [3.63, 3.8) is 0 Å². The van der Waals surface area contributed by atoms with Crippen molar-refractivity contribution < 1.29 is 19.0 Å². The largest absolute Gasteiger partial charge is 0.493 e. The minimum atomic E-state index is -0.415. The number of ether oxygens (including phenoxy) is 3. The van der Waals surface area contributed by atoms with Crippen LogP contribution in [0.4, 0.5) is 0 Å². The molecule has 18 heavy (non-hydrogen) atoms. The fourth-order valence-corrected chi connectivity index (χ4v) is 1.46. The molecule has 5 nitrogen and oxygen atoms in total. The Morgan fingerprint density at radius 3 is 2.33 bits per heavy atom. The molecule has 1 aromatic carbocycles. The van der Waals surface area contributed by atoms with Crippen molar-refractivity contribution in [2.75, 3.05) is 21.3 Å². The molecule has 0 aliphatic carbocycles. The minimum absolute atomic E-state index is 0. The Bertz CT molecular complexity index is 398. The van der Waals surface area contributed by atoms with Crippen LogP contribution < -0.4 is 15.2 Å². The third kappa shape index (κ3) is 4.09. The highest BCUT2D eigenvalue weighted by molar-refractivity contribution is 5.85. The molecule has 0 amide bonds. The summed E-state index contributed by atoms with van der Waals surface area (Å²) in [6.07, 6.45) is 0.131. The van der Waals surface area contributed by atoms with E-state index in [0.29, 0.717) is 11.5 Å². The number of benzene rings is 1. The first-order valence-corrected chi connectivity index (χ1v) is 5.16. The molecular weight excluding hydrogens is 258 g/mol. The standard InChI is InChI=1S/C12H17NO4.ClH/c1-15-10-5-4-8(6-11(10)16-2)9(13)7-12(14)17-3;/h4-6,9H,7,13H2,1-3H3;1H. The van der Waals surface area contributed by atoms with Crippen molar-refractivity contribution >= 4 is 18.4 Å². The van der Waals surface area contributed by atoms with Crippen LogP contribution in [0, 0.1) is 0 Å². The van der Waals surface area contributed by atoms with E-state index in [1.165, 1.54) is 7.11 Å². The third-order valence-corrected chi connectivity index (χ3v) is 2.45. The van der Waals surface area contributed by atoms with Gasteiger partial charge < -0.3 is 19.9 Å². The number of nitrogens with two attached hydrogens (primary N) is 1. The molecular formula is C12H18ClNO4. The summed E-state index contributed by atoms with van der Waals surface area (Å²) in [7, 11) is 4.45. The summed E-state index contributed by atoms with van der Waals surface area (Å²) < 4.78 is 14.8. The Balaban J connectivity index is 0.00000289. The fourth-order valence-electron chi connectivity index (χ4n) is 1.46. The van der Waals surface area contributed by atoms with Crippen LogP contribution in [-0.4, -0.2) is 27.3 Å². The summed E-state index contributed by atoms with van der Waals surface area (Å²) in [5, 5.41) is 0. The maximum absolute atomic E-state index is 11.1. The van der Waals surface area contributed by atoms with Crippen LogP contribution in [0.5, 0.6) is 11.5 Å². The fraction of sp³-hybridized carbons (Fsp3) is 0.417. The molecule has 0 saturated carbocycles. The SMILES string of the molecule is COC(=O)CC(N)c1ccc(OC)c(OC)c1.Cl. The predicted molar refractivity (Wildman–Crippen MR) is 70.4 cm³/mol.